The van der Waals surface area contributed by atoms with Crippen LogP contribution in [-0.4, -0.2) is 51.9 Å². The smallest absolute Gasteiger partial charge is 0.324 e. The van der Waals surface area contributed by atoms with Gasteiger partial charge in [0.05, 0.1) is 0 Å². The van der Waals surface area contributed by atoms with E-state index < -0.39 is 14.7 Å². The second kappa shape index (κ2) is 58.3. The van der Waals surface area contributed by atoms with E-state index in [0.717, 1.165) is 77.0 Å². The standard InChI is InChI=1S/C57H104O6.H3O3P/c1-4-7-10-13-16-19-22-25-28-31-34-37-40-43-46-49-55(58)61-52-54(63-57(60)51-48-45-42-39-36-33-30-27-24-21-18-15-12-9-6-3)53-62-56(59)50-47-44-41-38-35-32-29-26-23-20-17-14-11-8-5-2;1-4(2)3/h25-30,54H,4-24,31-53H2,1-3H3;1-3H/b28-25-,29-26-,30-27-;. The van der Waals surface area contributed by atoms with Crippen molar-refractivity contribution in [3.63, 3.8) is 0 Å². The van der Waals surface area contributed by atoms with Crippen molar-refractivity contribution in [1.82, 2.24) is 0 Å². The summed E-state index contributed by atoms with van der Waals surface area (Å²) in [6, 6.07) is 0. The lowest BCUT2D eigenvalue weighted by Crippen LogP contribution is -2.30. The van der Waals surface area contributed by atoms with E-state index in [1.807, 2.05) is 0 Å². The summed E-state index contributed by atoms with van der Waals surface area (Å²) in [5.74, 6) is -0.893. The number of rotatable bonds is 50. The van der Waals surface area contributed by atoms with E-state index in [0.29, 0.717) is 19.3 Å². The molecule has 0 radical (unpaired) electrons. The van der Waals surface area contributed by atoms with Crippen LogP contribution in [0, 0.1) is 0 Å². The van der Waals surface area contributed by atoms with E-state index in [4.69, 9.17) is 28.9 Å². The van der Waals surface area contributed by atoms with Gasteiger partial charge in [-0.2, -0.15) is 0 Å². The number of carbonyl (C=O) groups is 3. The van der Waals surface area contributed by atoms with Crippen LogP contribution in [0.2, 0.25) is 0 Å². The predicted octanol–water partition coefficient (Wildman–Crippen LogP) is 17.3. The Kier molecular flexibility index (Phi) is 58.3. The van der Waals surface area contributed by atoms with Gasteiger partial charge >= 0.3 is 26.5 Å². The third kappa shape index (κ3) is 61.9. The molecular weight excluding hydrogens is 860 g/mol. The zero-order valence-electron chi connectivity index (χ0n) is 43.9. The summed E-state index contributed by atoms with van der Waals surface area (Å²) in [4.78, 5) is 59.7. The van der Waals surface area contributed by atoms with E-state index in [-0.39, 0.29) is 31.1 Å². The van der Waals surface area contributed by atoms with E-state index in [9.17, 15) is 14.4 Å². The predicted molar refractivity (Wildman–Crippen MR) is 284 cm³/mol. The summed E-state index contributed by atoms with van der Waals surface area (Å²) in [6.07, 6.45) is 61.2. The summed E-state index contributed by atoms with van der Waals surface area (Å²) in [5, 5.41) is 0. The Morgan fingerprint density at radius 2 is 0.552 bits per heavy atom. The molecule has 0 aliphatic carbocycles. The van der Waals surface area contributed by atoms with E-state index >= 15 is 0 Å². The van der Waals surface area contributed by atoms with Crippen LogP contribution in [-0.2, 0) is 28.6 Å². The number of ether oxygens (including phenoxy) is 3. The molecule has 0 atom stereocenters. The number of hydrogen-bond acceptors (Lipinski definition) is 9. The fourth-order valence-electron chi connectivity index (χ4n) is 7.90. The van der Waals surface area contributed by atoms with Crippen molar-refractivity contribution in [2.45, 2.75) is 297 Å². The Balaban J connectivity index is 0. The average Bonchev–Trinajstić information content (AvgIpc) is 3.30. The van der Waals surface area contributed by atoms with Gasteiger partial charge in [0.15, 0.2) is 6.10 Å². The third-order valence-corrected chi connectivity index (χ3v) is 12.1. The minimum absolute atomic E-state index is 0.0806. The highest BCUT2D eigenvalue weighted by Crippen LogP contribution is 2.15. The highest BCUT2D eigenvalue weighted by molar-refractivity contribution is 7.38. The zero-order chi connectivity index (χ0) is 49.4. The molecule has 0 saturated carbocycles. The van der Waals surface area contributed by atoms with Crippen LogP contribution in [0.5, 0.6) is 0 Å². The molecule has 0 aromatic heterocycles. The van der Waals surface area contributed by atoms with Gasteiger partial charge < -0.3 is 28.9 Å². The molecule has 0 unspecified atom stereocenters. The summed E-state index contributed by atoms with van der Waals surface area (Å²) in [7, 11) is -2.62. The number of unbranched alkanes of at least 4 members (excludes halogenated alkanes) is 33. The molecule has 0 fully saturated rings. The highest BCUT2D eigenvalue weighted by atomic mass is 31.2. The highest BCUT2D eigenvalue weighted by Gasteiger charge is 2.19. The second-order valence-electron chi connectivity index (χ2n) is 18.7. The maximum atomic E-state index is 12.8. The molecule has 0 rings (SSSR count). The quantitative estimate of drug-likeness (QED) is 0.0179. The molecule has 67 heavy (non-hydrogen) atoms. The average molecular weight is 967 g/mol. The number of esters is 3. The Bertz CT molecular complexity index is 1070. The van der Waals surface area contributed by atoms with Gasteiger partial charge in [0, 0.05) is 19.3 Å². The number of hydrogen-bond donors (Lipinski definition) is 3. The molecular formula is C57H107O9P. The lowest BCUT2D eigenvalue weighted by Gasteiger charge is -2.18. The van der Waals surface area contributed by atoms with Crippen LogP contribution in [0.25, 0.3) is 0 Å². The maximum absolute atomic E-state index is 12.8. The molecule has 0 aromatic carbocycles. The zero-order valence-corrected chi connectivity index (χ0v) is 44.8. The lowest BCUT2D eigenvalue weighted by molar-refractivity contribution is -0.167. The minimum atomic E-state index is -2.62. The fourth-order valence-corrected chi connectivity index (χ4v) is 7.90. The largest absolute Gasteiger partial charge is 0.462 e. The van der Waals surface area contributed by atoms with Crippen molar-refractivity contribution in [2.24, 2.45) is 0 Å². The normalized spacial score (nSPS) is 11.6. The van der Waals surface area contributed by atoms with Crippen molar-refractivity contribution in [3.8, 4) is 0 Å². The second-order valence-corrected chi connectivity index (χ2v) is 19.3. The van der Waals surface area contributed by atoms with Crippen LogP contribution in [0.4, 0.5) is 0 Å². The van der Waals surface area contributed by atoms with Crippen LogP contribution in [0.15, 0.2) is 36.5 Å². The van der Waals surface area contributed by atoms with Gasteiger partial charge in [0.2, 0.25) is 0 Å². The molecule has 9 nitrogen and oxygen atoms in total. The van der Waals surface area contributed by atoms with Crippen molar-refractivity contribution < 1.29 is 43.3 Å². The molecule has 0 aliphatic heterocycles. The number of allylic oxidation sites excluding steroid dienone is 6. The molecule has 0 aromatic rings. The van der Waals surface area contributed by atoms with Crippen LogP contribution >= 0.6 is 8.60 Å². The van der Waals surface area contributed by atoms with Crippen molar-refractivity contribution in [1.29, 1.82) is 0 Å². The Labute approximate surface area is 414 Å². The lowest BCUT2D eigenvalue weighted by atomic mass is 10.1. The van der Waals surface area contributed by atoms with Crippen LogP contribution in [0.1, 0.15) is 290 Å². The maximum Gasteiger partial charge on any atom is 0.324 e. The van der Waals surface area contributed by atoms with Crippen LogP contribution < -0.4 is 0 Å². The van der Waals surface area contributed by atoms with Crippen molar-refractivity contribution in [3.05, 3.63) is 36.5 Å². The van der Waals surface area contributed by atoms with E-state index in [1.54, 1.807) is 0 Å². The summed E-state index contributed by atoms with van der Waals surface area (Å²) >= 11 is 0. The monoisotopic (exact) mass is 967 g/mol. The SMILES string of the molecule is CCCCCCCC/C=C\CCCCCCCC(=O)OCC(COC(=O)CCCCCCC/C=C\CCCCCCCC)OC(=O)CCCCCCC/C=C\CCCCCCCC.OP(O)O. The molecule has 394 valence electrons. The number of carbonyl (C=O) groups excluding carboxylic acids is 3. The van der Waals surface area contributed by atoms with Crippen molar-refractivity contribution in [2.75, 3.05) is 13.2 Å². The minimum Gasteiger partial charge on any atom is -0.462 e. The Morgan fingerprint density at radius 3 is 0.806 bits per heavy atom. The van der Waals surface area contributed by atoms with E-state index in [1.165, 1.54) is 173 Å². The molecule has 0 saturated heterocycles. The summed E-state index contributed by atoms with van der Waals surface area (Å²) in [5.41, 5.74) is 0. The first kappa shape index (κ1) is 67.0. The van der Waals surface area contributed by atoms with Gasteiger partial charge in [-0.3, -0.25) is 14.4 Å². The molecule has 0 aliphatic rings. The summed E-state index contributed by atoms with van der Waals surface area (Å²) < 4.78 is 16.8. The fraction of sp³-hybridized carbons (Fsp3) is 0.842. The Hall–Kier alpha value is -2.06. The van der Waals surface area contributed by atoms with Gasteiger partial charge in [-0.25, -0.2) is 0 Å². The molecule has 0 amide bonds. The van der Waals surface area contributed by atoms with Crippen molar-refractivity contribution >= 4 is 26.5 Å². The van der Waals surface area contributed by atoms with E-state index in [2.05, 4.69) is 57.2 Å². The summed E-state index contributed by atoms with van der Waals surface area (Å²) in [6.45, 7) is 6.63. The molecule has 0 spiro atoms. The molecule has 10 heteroatoms. The van der Waals surface area contributed by atoms with Gasteiger partial charge in [0.25, 0.3) is 0 Å². The third-order valence-electron chi connectivity index (χ3n) is 12.1. The van der Waals surface area contributed by atoms with Gasteiger partial charge in [0.1, 0.15) is 13.2 Å². The molecule has 0 heterocycles. The van der Waals surface area contributed by atoms with Gasteiger partial charge in [-0.05, 0) is 96.3 Å². The van der Waals surface area contributed by atoms with Gasteiger partial charge in [-0.1, -0.05) is 211 Å². The molecule has 3 N–H and O–H groups in total. The topological polar surface area (TPSA) is 140 Å². The first-order chi connectivity index (χ1) is 32.8. The first-order valence-corrected chi connectivity index (χ1v) is 29.3. The van der Waals surface area contributed by atoms with Crippen LogP contribution in [0.3, 0.4) is 0 Å². The molecule has 0 bridgehead atoms. The Morgan fingerprint density at radius 1 is 0.343 bits per heavy atom. The van der Waals surface area contributed by atoms with Gasteiger partial charge in [-0.15, -0.1) is 0 Å². The first-order valence-electron chi connectivity index (χ1n) is 28.1.